The largest absolute Gasteiger partial charge is 0.325 e. The van der Waals surface area contributed by atoms with Crippen molar-refractivity contribution >= 4 is 34.2 Å². The van der Waals surface area contributed by atoms with Crippen molar-refractivity contribution in [1.82, 2.24) is 9.88 Å². The molecule has 2 heterocycles. The molecular weight excluding hydrogens is 380 g/mol. The summed E-state index contributed by atoms with van der Waals surface area (Å²) < 4.78 is 0. The van der Waals surface area contributed by atoms with Gasteiger partial charge in [0, 0.05) is 30.0 Å². The molecule has 3 N–H and O–H groups in total. The molecule has 3 amide bonds. The number of nitrogens with zero attached hydrogens (tertiary/aromatic N) is 1. The van der Waals surface area contributed by atoms with Crippen LogP contribution in [0.4, 0.5) is 16.2 Å². The molecule has 1 saturated heterocycles. The number of para-hydroxylation sites is 1. The molecule has 0 aliphatic carbocycles. The van der Waals surface area contributed by atoms with Crippen molar-refractivity contribution < 1.29 is 9.59 Å². The molecule has 0 bridgehead atoms. The van der Waals surface area contributed by atoms with Gasteiger partial charge in [0.2, 0.25) is 0 Å². The Morgan fingerprint density at radius 3 is 2.17 bits per heavy atom. The predicted octanol–water partition coefficient (Wildman–Crippen LogP) is 4.19. The topological polar surface area (TPSA) is 94.3 Å². The highest BCUT2D eigenvalue weighted by molar-refractivity contribution is 6.05. The Balaban J connectivity index is 1.42. The Labute approximate surface area is 174 Å². The first-order valence-electron chi connectivity index (χ1n) is 10.2. The van der Waals surface area contributed by atoms with E-state index in [1.807, 2.05) is 23.1 Å². The lowest BCUT2D eigenvalue weighted by Crippen LogP contribution is -2.35. The zero-order chi connectivity index (χ0) is 20.9. The SMILES string of the molecule is O=C(Nc1ccc(NC(=O)N2CCCCCC2)cc1)c1cc2ccccc2[nH]c1=O. The fourth-order valence-corrected chi connectivity index (χ4v) is 3.63. The molecule has 0 radical (unpaired) electrons. The molecule has 0 spiro atoms. The number of aromatic nitrogens is 1. The van der Waals surface area contributed by atoms with E-state index >= 15 is 0 Å². The van der Waals surface area contributed by atoms with Crippen LogP contribution in [0.2, 0.25) is 0 Å². The molecule has 3 aromatic rings. The molecule has 1 fully saturated rings. The molecule has 7 heteroatoms. The van der Waals surface area contributed by atoms with Gasteiger partial charge in [-0.2, -0.15) is 0 Å². The minimum absolute atomic E-state index is 0.0484. The third-order valence-electron chi connectivity index (χ3n) is 5.29. The summed E-state index contributed by atoms with van der Waals surface area (Å²) in [5.74, 6) is -0.483. The maximum Gasteiger partial charge on any atom is 0.321 e. The summed E-state index contributed by atoms with van der Waals surface area (Å²) in [5.41, 5.74) is 1.49. The van der Waals surface area contributed by atoms with E-state index in [2.05, 4.69) is 15.6 Å². The quantitative estimate of drug-likeness (QED) is 0.611. The summed E-state index contributed by atoms with van der Waals surface area (Å²) in [6.45, 7) is 1.56. The molecule has 0 saturated carbocycles. The summed E-state index contributed by atoms with van der Waals surface area (Å²) in [5, 5.41) is 6.42. The summed E-state index contributed by atoms with van der Waals surface area (Å²) in [6.07, 6.45) is 4.40. The van der Waals surface area contributed by atoms with Gasteiger partial charge < -0.3 is 20.5 Å². The van der Waals surface area contributed by atoms with E-state index in [-0.39, 0.29) is 11.6 Å². The molecule has 154 valence electrons. The highest BCUT2D eigenvalue weighted by Gasteiger charge is 2.16. The number of hydrogen-bond donors (Lipinski definition) is 3. The maximum absolute atomic E-state index is 12.6. The van der Waals surface area contributed by atoms with Crippen molar-refractivity contribution in [3.8, 4) is 0 Å². The molecule has 0 atom stereocenters. The lowest BCUT2D eigenvalue weighted by molar-refractivity contribution is 0.102. The summed E-state index contributed by atoms with van der Waals surface area (Å²) >= 11 is 0. The van der Waals surface area contributed by atoms with Crippen LogP contribution >= 0.6 is 0 Å². The summed E-state index contributed by atoms with van der Waals surface area (Å²) in [4.78, 5) is 41.8. The zero-order valence-electron chi connectivity index (χ0n) is 16.6. The van der Waals surface area contributed by atoms with Crippen LogP contribution in [-0.4, -0.2) is 34.9 Å². The van der Waals surface area contributed by atoms with E-state index in [4.69, 9.17) is 0 Å². The molecule has 7 nitrogen and oxygen atoms in total. The molecule has 0 unspecified atom stereocenters. The second-order valence-corrected chi connectivity index (χ2v) is 7.46. The Morgan fingerprint density at radius 1 is 0.833 bits per heavy atom. The first kappa shape index (κ1) is 19.7. The van der Waals surface area contributed by atoms with Crippen molar-refractivity contribution in [1.29, 1.82) is 0 Å². The Bertz CT molecular complexity index is 1110. The van der Waals surface area contributed by atoms with Crippen molar-refractivity contribution in [2.45, 2.75) is 25.7 Å². The third kappa shape index (κ3) is 4.51. The first-order chi connectivity index (χ1) is 14.6. The minimum atomic E-state index is -0.483. The van der Waals surface area contributed by atoms with E-state index in [1.54, 1.807) is 36.4 Å². The number of anilines is 2. The standard InChI is InChI=1S/C23H24N4O3/c28-21(19-15-16-7-3-4-8-20(16)26-22(19)29)24-17-9-11-18(12-10-17)25-23(30)27-13-5-1-2-6-14-27/h3-4,7-12,15H,1-2,5-6,13-14H2,(H,24,28)(H,25,30)(H,26,29). The minimum Gasteiger partial charge on any atom is -0.325 e. The van der Waals surface area contributed by atoms with Crippen LogP contribution in [0.25, 0.3) is 10.9 Å². The van der Waals surface area contributed by atoms with E-state index in [1.165, 1.54) is 0 Å². The van der Waals surface area contributed by atoms with E-state index < -0.39 is 11.5 Å². The normalized spacial score (nSPS) is 14.2. The number of pyridine rings is 1. The number of nitrogens with one attached hydrogen (secondary N) is 3. The van der Waals surface area contributed by atoms with Crippen LogP contribution in [0.1, 0.15) is 36.0 Å². The summed E-state index contributed by atoms with van der Waals surface area (Å²) in [7, 11) is 0. The van der Waals surface area contributed by atoms with Crippen LogP contribution in [0, 0.1) is 0 Å². The van der Waals surface area contributed by atoms with Crippen LogP contribution in [-0.2, 0) is 0 Å². The van der Waals surface area contributed by atoms with Gasteiger partial charge in [-0.1, -0.05) is 31.0 Å². The van der Waals surface area contributed by atoms with Gasteiger partial charge in [0.25, 0.3) is 11.5 Å². The number of amides is 3. The number of benzene rings is 2. The molecule has 4 rings (SSSR count). The van der Waals surface area contributed by atoms with Crippen LogP contribution < -0.4 is 16.2 Å². The van der Waals surface area contributed by atoms with Gasteiger partial charge in [-0.3, -0.25) is 9.59 Å². The molecule has 1 aliphatic rings. The van der Waals surface area contributed by atoms with Crippen molar-refractivity contribution in [2.24, 2.45) is 0 Å². The number of carbonyl (C=O) groups is 2. The van der Waals surface area contributed by atoms with Gasteiger partial charge in [0.05, 0.1) is 0 Å². The highest BCUT2D eigenvalue weighted by Crippen LogP contribution is 2.17. The number of urea groups is 1. The molecule has 1 aliphatic heterocycles. The van der Waals surface area contributed by atoms with Crippen molar-refractivity contribution in [3.05, 3.63) is 70.5 Å². The number of aromatic amines is 1. The predicted molar refractivity (Wildman–Crippen MR) is 118 cm³/mol. The van der Waals surface area contributed by atoms with Crippen LogP contribution in [0.5, 0.6) is 0 Å². The number of likely N-dealkylation sites (tertiary alicyclic amines) is 1. The van der Waals surface area contributed by atoms with Gasteiger partial charge in [-0.05, 0) is 54.6 Å². The van der Waals surface area contributed by atoms with Gasteiger partial charge in [0.1, 0.15) is 5.56 Å². The van der Waals surface area contributed by atoms with Crippen LogP contribution in [0.15, 0.2) is 59.4 Å². The average molecular weight is 404 g/mol. The number of fused-ring (bicyclic) bond motifs is 1. The Morgan fingerprint density at radius 2 is 1.47 bits per heavy atom. The van der Waals surface area contributed by atoms with Gasteiger partial charge in [0.15, 0.2) is 0 Å². The van der Waals surface area contributed by atoms with Crippen LogP contribution in [0.3, 0.4) is 0 Å². The Hall–Kier alpha value is -3.61. The Kier molecular flexibility index (Phi) is 5.79. The fraction of sp³-hybridized carbons (Fsp3) is 0.261. The lowest BCUT2D eigenvalue weighted by Gasteiger charge is -2.20. The van der Waals surface area contributed by atoms with Gasteiger partial charge in [-0.15, -0.1) is 0 Å². The molecule has 1 aromatic heterocycles. The number of carbonyl (C=O) groups excluding carboxylic acids is 2. The summed E-state index contributed by atoms with van der Waals surface area (Å²) in [6, 6.07) is 15.6. The van der Waals surface area contributed by atoms with Gasteiger partial charge >= 0.3 is 6.03 Å². The second-order valence-electron chi connectivity index (χ2n) is 7.46. The molecule has 30 heavy (non-hydrogen) atoms. The molecular formula is C23H24N4O3. The zero-order valence-corrected chi connectivity index (χ0v) is 16.6. The number of rotatable bonds is 3. The van der Waals surface area contributed by atoms with E-state index in [0.717, 1.165) is 44.2 Å². The molecule has 2 aromatic carbocycles. The average Bonchev–Trinajstić information content (AvgIpc) is 3.04. The monoisotopic (exact) mass is 404 g/mol. The smallest absolute Gasteiger partial charge is 0.321 e. The number of H-pyrrole nitrogens is 1. The first-order valence-corrected chi connectivity index (χ1v) is 10.2. The van der Waals surface area contributed by atoms with Crippen molar-refractivity contribution in [3.63, 3.8) is 0 Å². The lowest BCUT2D eigenvalue weighted by atomic mass is 10.1. The number of hydrogen-bond acceptors (Lipinski definition) is 3. The second kappa shape index (κ2) is 8.82. The third-order valence-corrected chi connectivity index (χ3v) is 5.29. The van der Waals surface area contributed by atoms with E-state index in [9.17, 15) is 14.4 Å². The van der Waals surface area contributed by atoms with E-state index in [0.29, 0.717) is 16.9 Å². The fourth-order valence-electron chi connectivity index (χ4n) is 3.63. The van der Waals surface area contributed by atoms with Crippen molar-refractivity contribution in [2.75, 3.05) is 23.7 Å². The van der Waals surface area contributed by atoms with Gasteiger partial charge in [-0.25, -0.2) is 4.79 Å². The highest BCUT2D eigenvalue weighted by atomic mass is 16.2. The maximum atomic E-state index is 12.6.